The third-order valence-corrected chi connectivity index (χ3v) is 5.03. The van der Waals surface area contributed by atoms with Crippen molar-refractivity contribution >= 4 is 12.4 Å². The summed E-state index contributed by atoms with van der Waals surface area (Å²) in [6, 6.07) is 16.2. The van der Waals surface area contributed by atoms with Crippen LogP contribution in [0.2, 0.25) is 0 Å². The van der Waals surface area contributed by atoms with Gasteiger partial charge in [0.25, 0.3) is 0 Å². The summed E-state index contributed by atoms with van der Waals surface area (Å²) in [6.07, 6.45) is 2.04. The predicted molar refractivity (Wildman–Crippen MR) is 104 cm³/mol. The molecule has 1 aliphatic heterocycles. The van der Waals surface area contributed by atoms with Crippen molar-refractivity contribution in [1.82, 2.24) is 4.90 Å². The zero-order chi connectivity index (χ0) is 16.5. The van der Waals surface area contributed by atoms with Crippen molar-refractivity contribution in [3.05, 3.63) is 59.7 Å². The Balaban J connectivity index is 0.00000121. The quantitative estimate of drug-likeness (QED) is 0.740. The largest absolute Gasteiger partial charge is 0.448 e. The minimum Gasteiger partial charge on any atom is -0.448 e. The zero-order valence-corrected chi connectivity index (χ0v) is 13.4. The summed E-state index contributed by atoms with van der Waals surface area (Å²) in [4.78, 5) is 24.9. The smallest absolute Gasteiger partial charge is 0.410 e. The summed E-state index contributed by atoms with van der Waals surface area (Å²) in [6.45, 7) is 0.898. The van der Waals surface area contributed by atoms with E-state index < -0.39 is 0 Å². The number of aldehydes is 1. The van der Waals surface area contributed by atoms with Gasteiger partial charge in [0.05, 0.1) is 6.04 Å². The maximum absolute atomic E-state index is 12.3. The fourth-order valence-electron chi connectivity index (χ4n) is 3.84. The molecule has 1 fully saturated rings. The topological polar surface area (TPSA) is 46.6 Å². The van der Waals surface area contributed by atoms with Crippen molar-refractivity contribution in [3.8, 4) is 11.1 Å². The molecule has 4 nitrogen and oxygen atoms in total. The fourth-order valence-corrected chi connectivity index (χ4v) is 3.84. The molecule has 2 aromatic carbocycles. The van der Waals surface area contributed by atoms with Crippen LogP contribution in [0, 0.1) is 0 Å². The van der Waals surface area contributed by atoms with Crippen LogP contribution in [-0.4, -0.2) is 36.5 Å². The molecule has 26 heavy (non-hydrogen) atoms. The number of carbonyl (C=O) groups excluding carboxylic acids is 2. The van der Waals surface area contributed by atoms with Crippen LogP contribution in [0.4, 0.5) is 4.79 Å². The second-order valence-electron chi connectivity index (χ2n) is 6.34. The van der Waals surface area contributed by atoms with Gasteiger partial charge in [-0.15, -0.1) is 0 Å². The molecule has 0 radical (unpaired) electrons. The number of fused-ring (bicyclic) bond motifs is 3. The molecule has 0 aromatic heterocycles. The minimum absolute atomic E-state index is 0. The number of amides is 1. The molecule has 2 aliphatic rings. The Hall–Kier alpha value is -2.62. The molecule has 1 heterocycles. The van der Waals surface area contributed by atoms with E-state index in [2.05, 4.69) is 24.3 Å². The molecule has 0 saturated carbocycles. The first-order chi connectivity index (χ1) is 11.8. The molecule has 2 aromatic rings. The zero-order valence-electron chi connectivity index (χ0n) is 13.4. The van der Waals surface area contributed by atoms with E-state index in [-0.39, 0.29) is 32.9 Å². The average molecular weight is 353 g/mol. The Labute approximate surface area is 155 Å². The van der Waals surface area contributed by atoms with Crippen LogP contribution in [0.15, 0.2) is 48.5 Å². The van der Waals surface area contributed by atoms with Crippen molar-refractivity contribution in [2.24, 2.45) is 0 Å². The fraction of sp³-hybridized carbons (Fsp3) is 0.364. The van der Waals surface area contributed by atoms with Crippen molar-refractivity contribution in [3.63, 3.8) is 0 Å². The van der Waals surface area contributed by atoms with E-state index in [0.717, 1.165) is 19.1 Å². The van der Waals surface area contributed by atoms with Gasteiger partial charge < -0.3 is 9.53 Å². The van der Waals surface area contributed by atoms with E-state index in [1.807, 2.05) is 24.3 Å². The van der Waals surface area contributed by atoms with Gasteiger partial charge in [0.2, 0.25) is 0 Å². The standard InChI is InChI=1S/C20H19NO3.2CH4/c22-12-14-6-5-11-21(14)20(23)24-13-19-17-9-3-1-7-15(17)16-8-2-4-10-18(16)19;;/h1-4,7-10,12,14,19H,5-6,11,13H2;2*1H4. The first-order valence-corrected chi connectivity index (χ1v) is 8.36. The lowest BCUT2D eigenvalue weighted by Crippen LogP contribution is -2.37. The van der Waals surface area contributed by atoms with E-state index in [9.17, 15) is 9.59 Å². The molecule has 4 rings (SSSR count). The van der Waals surface area contributed by atoms with Gasteiger partial charge in [-0.25, -0.2) is 4.79 Å². The summed E-state index contributed by atoms with van der Waals surface area (Å²) >= 11 is 0. The highest BCUT2D eigenvalue weighted by Crippen LogP contribution is 2.44. The Bertz CT molecular complexity index is 741. The number of likely N-dealkylation sites (tertiary alicyclic amines) is 1. The van der Waals surface area contributed by atoms with E-state index in [0.29, 0.717) is 13.2 Å². The van der Waals surface area contributed by atoms with Crippen LogP contribution in [0.5, 0.6) is 0 Å². The average Bonchev–Trinajstić information content (AvgIpc) is 3.22. The SMILES string of the molecule is C.C.O=CC1CCCN1C(=O)OCC1c2ccccc2-c2ccccc21. The van der Waals surface area contributed by atoms with Gasteiger partial charge in [0.15, 0.2) is 0 Å². The summed E-state index contributed by atoms with van der Waals surface area (Å²) in [5.74, 6) is 0.0543. The number of hydrogen-bond donors (Lipinski definition) is 0. The van der Waals surface area contributed by atoms with Crippen molar-refractivity contribution < 1.29 is 14.3 Å². The van der Waals surface area contributed by atoms with E-state index in [1.165, 1.54) is 22.3 Å². The van der Waals surface area contributed by atoms with Crippen molar-refractivity contribution in [1.29, 1.82) is 0 Å². The summed E-state index contributed by atoms with van der Waals surface area (Å²) in [5.41, 5.74) is 4.81. The Morgan fingerprint density at radius 1 is 1.04 bits per heavy atom. The van der Waals surface area contributed by atoms with Crippen LogP contribution in [0.1, 0.15) is 44.7 Å². The van der Waals surface area contributed by atoms with Crippen molar-refractivity contribution in [2.45, 2.75) is 39.7 Å². The highest BCUT2D eigenvalue weighted by atomic mass is 16.6. The predicted octanol–water partition coefficient (Wildman–Crippen LogP) is 4.87. The maximum atomic E-state index is 12.3. The highest BCUT2D eigenvalue weighted by Gasteiger charge is 2.32. The number of rotatable bonds is 3. The Morgan fingerprint density at radius 2 is 1.62 bits per heavy atom. The molecule has 1 atom stereocenters. The van der Waals surface area contributed by atoms with Crippen LogP contribution < -0.4 is 0 Å². The highest BCUT2D eigenvalue weighted by molar-refractivity contribution is 5.79. The summed E-state index contributed by atoms with van der Waals surface area (Å²) in [7, 11) is 0. The van der Waals surface area contributed by atoms with E-state index >= 15 is 0 Å². The van der Waals surface area contributed by atoms with Crippen LogP contribution in [-0.2, 0) is 9.53 Å². The lowest BCUT2D eigenvalue weighted by atomic mass is 9.98. The molecule has 0 N–H and O–H groups in total. The number of nitrogens with zero attached hydrogens (tertiary/aromatic N) is 1. The molecule has 1 saturated heterocycles. The molecule has 1 unspecified atom stereocenters. The maximum Gasteiger partial charge on any atom is 0.410 e. The number of hydrogen-bond acceptors (Lipinski definition) is 3. The molecule has 0 bridgehead atoms. The van der Waals surface area contributed by atoms with E-state index in [4.69, 9.17) is 4.74 Å². The Morgan fingerprint density at radius 3 is 2.19 bits per heavy atom. The number of benzene rings is 2. The van der Waals surface area contributed by atoms with E-state index in [1.54, 1.807) is 4.90 Å². The third-order valence-electron chi connectivity index (χ3n) is 5.03. The lowest BCUT2D eigenvalue weighted by Gasteiger charge is -2.21. The summed E-state index contributed by atoms with van der Waals surface area (Å²) < 4.78 is 5.58. The van der Waals surface area contributed by atoms with Gasteiger partial charge in [0.1, 0.15) is 12.9 Å². The van der Waals surface area contributed by atoms with Gasteiger partial charge in [-0.05, 0) is 35.1 Å². The molecule has 4 heteroatoms. The van der Waals surface area contributed by atoms with Gasteiger partial charge in [-0.1, -0.05) is 63.4 Å². The first-order valence-electron chi connectivity index (χ1n) is 8.36. The molecular formula is C22H27NO3. The van der Waals surface area contributed by atoms with Gasteiger partial charge in [-0.3, -0.25) is 4.90 Å². The van der Waals surface area contributed by atoms with Crippen LogP contribution >= 0.6 is 0 Å². The molecular weight excluding hydrogens is 326 g/mol. The molecule has 1 aliphatic carbocycles. The minimum atomic E-state index is -0.383. The second kappa shape index (κ2) is 8.17. The first kappa shape index (κ1) is 19.7. The molecule has 138 valence electrons. The normalized spacial score (nSPS) is 17.5. The lowest BCUT2D eigenvalue weighted by molar-refractivity contribution is -0.111. The van der Waals surface area contributed by atoms with Crippen molar-refractivity contribution in [2.75, 3.05) is 13.2 Å². The second-order valence-corrected chi connectivity index (χ2v) is 6.34. The van der Waals surface area contributed by atoms with Crippen LogP contribution in [0.25, 0.3) is 11.1 Å². The van der Waals surface area contributed by atoms with Gasteiger partial charge >= 0.3 is 6.09 Å². The van der Waals surface area contributed by atoms with Gasteiger partial charge in [0, 0.05) is 12.5 Å². The number of ether oxygens (including phenoxy) is 1. The summed E-state index contributed by atoms with van der Waals surface area (Å²) in [5, 5.41) is 0. The van der Waals surface area contributed by atoms with Crippen LogP contribution in [0.3, 0.4) is 0 Å². The molecule has 1 amide bonds. The molecule has 0 spiro atoms. The van der Waals surface area contributed by atoms with Gasteiger partial charge in [-0.2, -0.15) is 0 Å². The Kier molecular flexibility index (Phi) is 6.19. The number of carbonyl (C=O) groups is 2. The monoisotopic (exact) mass is 353 g/mol. The third kappa shape index (κ3) is 3.24.